The van der Waals surface area contributed by atoms with Crippen molar-refractivity contribution in [1.82, 2.24) is 0 Å². The van der Waals surface area contributed by atoms with E-state index in [-0.39, 0.29) is 0 Å². The second kappa shape index (κ2) is 4.98. The fourth-order valence-corrected chi connectivity index (χ4v) is 2.67. The molecule has 0 aromatic heterocycles. The van der Waals surface area contributed by atoms with E-state index in [2.05, 4.69) is 12.1 Å². The van der Waals surface area contributed by atoms with E-state index < -0.39 is 5.60 Å². The molecule has 0 amide bonds. The number of nitrogens with two attached hydrogens (primary N) is 1. The molecular weight excluding hydrogens is 198 g/mol. The molecule has 0 saturated heterocycles. The summed E-state index contributed by atoms with van der Waals surface area (Å²) in [5, 5.41) is 10.5. The average molecular weight is 219 g/mol. The first-order chi connectivity index (χ1) is 7.73. The van der Waals surface area contributed by atoms with Gasteiger partial charge >= 0.3 is 0 Å². The van der Waals surface area contributed by atoms with E-state index in [0.717, 1.165) is 32.1 Å². The van der Waals surface area contributed by atoms with E-state index in [1.165, 1.54) is 17.5 Å². The highest BCUT2D eigenvalue weighted by atomic mass is 16.3. The summed E-state index contributed by atoms with van der Waals surface area (Å²) < 4.78 is 0. The van der Waals surface area contributed by atoms with Crippen molar-refractivity contribution in [3.05, 3.63) is 35.4 Å². The SMILES string of the molecule is NCc1ccccc1CC1(O)CCCCC1. The predicted octanol–water partition coefficient (Wildman–Crippen LogP) is 2.38. The lowest BCUT2D eigenvalue weighted by molar-refractivity contribution is 0.00432. The topological polar surface area (TPSA) is 46.2 Å². The molecule has 1 aromatic rings. The van der Waals surface area contributed by atoms with Crippen LogP contribution in [0, 0.1) is 0 Å². The monoisotopic (exact) mass is 219 g/mol. The molecular formula is C14H21NO. The lowest BCUT2D eigenvalue weighted by Gasteiger charge is -2.32. The summed E-state index contributed by atoms with van der Waals surface area (Å²) >= 11 is 0. The number of hydrogen-bond acceptors (Lipinski definition) is 2. The quantitative estimate of drug-likeness (QED) is 0.820. The summed E-state index contributed by atoms with van der Waals surface area (Å²) in [6.45, 7) is 0.562. The van der Waals surface area contributed by atoms with Crippen LogP contribution in [0.3, 0.4) is 0 Å². The highest BCUT2D eigenvalue weighted by Gasteiger charge is 2.29. The molecule has 88 valence electrons. The van der Waals surface area contributed by atoms with Crippen molar-refractivity contribution in [2.75, 3.05) is 0 Å². The molecule has 0 spiro atoms. The van der Waals surface area contributed by atoms with Crippen molar-refractivity contribution in [3.63, 3.8) is 0 Å². The first-order valence-electron chi connectivity index (χ1n) is 6.23. The normalized spacial score (nSPS) is 19.6. The van der Waals surface area contributed by atoms with Gasteiger partial charge in [0.1, 0.15) is 0 Å². The molecule has 3 N–H and O–H groups in total. The zero-order valence-corrected chi connectivity index (χ0v) is 9.78. The van der Waals surface area contributed by atoms with Gasteiger partial charge in [-0.2, -0.15) is 0 Å². The molecule has 2 heteroatoms. The number of aliphatic hydroxyl groups is 1. The molecule has 1 fully saturated rings. The Morgan fingerprint density at radius 3 is 2.31 bits per heavy atom. The van der Waals surface area contributed by atoms with E-state index in [9.17, 15) is 5.11 Å². The van der Waals surface area contributed by atoms with Crippen LogP contribution in [-0.4, -0.2) is 10.7 Å². The van der Waals surface area contributed by atoms with Crippen LogP contribution in [-0.2, 0) is 13.0 Å². The van der Waals surface area contributed by atoms with Gasteiger partial charge in [0.05, 0.1) is 5.60 Å². The first kappa shape index (κ1) is 11.6. The van der Waals surface area contributed by atoms with E-state index in [0.29, 0.717) is 6.54 Å². The summed E-state index contributed by atoms with van der Waals surface area (Å²) in [4.78, 5) is 0. The minimum absolute atomic E-state index is 0.483. The third kappa shape index (κ3) is 2.63. The Kier molecular flexibility index (Phi) is 3.62. The molecule has 16 heavy (non-hydrogen) atoms. The van der Waals surface area contributed by atoms with Crippen molar-refractivity contribution in [2.24, 2.45) is 5.73 Å². The van der Waals surface area contributed by atoms with E-state index in [4.69, 9.17) is 5.73 Å². The molecule has 0 bridgehead atoms. The van der Waals surface area contributed by atoms with Crippen molar-refractivity contribution >= 4 is 0 Å². The largest absolute Gasteiger partial charge is 0.390 e. The minimum atomic E-state index is -0.483. The fraction of sp³-hybridized carbons (Fsp3) is 0.571. The van der Waals surface area contributed by atoms with Gasteiger partial charge in [-0.05, 0) is 24.0 Å². The number of benzene rings is 1. The Morgan fingerprint density at radius 1 is 1.06 bits per heavy atom. The molecule has 0 radical (unpaired) electrons. The highest BCUT2D eigenvalue weighted by molar-refractivity contribution is 5.28. The summed E-state index contributed by atoms with van der Waals surface area (Å²) in [6, 6.07) is 8.19. The van der Waals surface area contributed by atoms with Gasteiger partial charge in [-0.15, -0.1) is 0 Å². The average Bonchev–Trinajstić information content (AvgIpc) is 2.30. The summed E-state index contributed by atoms with van der Waals surface area (Å²) in [7, 11) is 0. The Hall–Kier alpha value is -0.860. The predicted molar refractivity (Wildman–Crippen MR) is 66.1 cm³/mol. The smallest absolute Gasteiger partial charge is 0.0688 e. The first-order valence-corrected chi connectivity index (χ1v) is 6.23. The maximum absolute atomic E-state index is 10.5. The van der Waals surface area contributed by atoms with Crippen molar-refractivity contribution in [1.29, 1.82) is 0 Å². The van der Waals surface area contributed by atoms with Crippen LogP contribution in [0.15, 0.2) is 24.3 Å². The molecule has 1 aromatic carbocycles. The van der Waals surface area contributed by atoms with E-state index >= 15 is 0 Å². The molecule has 0 atom stereocenters. The second-order valence-electron chi connectivity index (χ2n) is 4.93. The van der Waals surface area contributed by atoms with Crippen LogP contribution in [0.1, 0.15) is 43.2 Å². The van der Waals surface area contributed by atoms with Crippen LogP contribution in [0.2, 0.25) is 0 Å². The van der Waals surface area contributed by atoms with Gasteiger partial charge in [0.2, 0.25) is 0 Å². The fourth-order valence-electron chi connectivity index (χ4n) is 2.67. The lowest BCUT2D eigenvalue weighted by Crippen LogP contribution is -2.34. The van der Waals surface area contributed by atoms with E-state index in [1.54, 1.807) is 0 Å². The third-order valence-electron chi connectivity index (χ3n) is 3.64. The van der Waals surface area contributed by atoms with Gasteiger partial charge in [0.25, 0.3) is 0 Å². The molecule has 0 heterocycles. The van der Waals surface area contributed by atoms with Gasteiger partial charge in [-0.1, -0.05) is 43.5 Å². The Morgan fingerprint density at radius 2 is 1.69 bits per heavy atom. The zero-order chi connectivity index (χ0) is 11.4. The Bertz CT molecular complexity index is 342. The van der Waals surface area contributed by atoms with Crippen LogP contribution < -0.4 is 5.73 Å². The molecule has 1 aliphatic rings. The van der Waals surface area contributed by atoms with Crippen LogP contribution >= 0.6 is 0 Å². The van der Waals surface area contributed by atoms with Crippen LogP contribution in [0.5, 0.6) is 0 Å². The van der Waals surface area contributed by atoms with Gasteiger partial charge in [-0.3, -0.25) is 0 Å². The lowest BCUT2D eigenvalue weighted by atomic mass is 9.80. The maximum atomic E-state index is 10.5. The van der Waals surface area contributed by atoms with Crippen LogP contribution in [0.25, 0.3) is 0 Å². The second-order valence-corrected chi connectivity index (χ2v) is 4.93. The Labute approximate surface area is 97.5 Å². The standard InChI is InChI=1S/C14H21NO/c15-11-13-7-3-2-6-12(13)10-14(16)8-4-1-5-9-14/h2-3,6-7,16H,1,4-5,8-11,15H2. The van der Waals surface area contributed by atoms with Crippen LogP contribution in [0.4, 0.5) is 0 Å². The molecule has 1 aliphatic carbocycles. The summed E-state index contributed by atoms with van der Waals surface area (Å²) in [5.41, 5.74) is 7.62. The van der Waals surface area contributed by atoms with Crippen molar-refractivity contribution in [3.8, 4) is 0 Å². The molecule has 2 rings (SSSR count). The summed E-state index contributed by atoms with van der Waals surface area (Å²) in [5.74, 6) is 0. The van der Waals surface area contributed by atoms with Gasteiger partial charge in [0, 0.05) is 13.0 Å². The maximum Gasteiger partial charge on any atom is 0.0688 e. The molecule has 2 nitrogen and oxygen atoms in total. The van der Waals surface area contributed by atoms with Crippen molar-refractivity contribution in [2.45, 2.75) is 50.7 Å². The minimum Gasteiger partial charge on any atom is -0.390 e. The van der Waals surface area contributed by atoms with Crippen molar-refractivity contribution < 1.29 is 5.11 Å². The third-order valence-corrected chi connectivity index (χ3v) is 3.64. The van der Waals surface area contributed by atoms with Gasteiger partial charge in [0.15, 0.2) is 0 Å². The van der Waals surface area contributed by atoms with Gasteiger partial charge < -0.3 is 10.8 Å². The Balaban J connectivity index is 2.12. The molecule has 1 saturated carbocycles. The number of rotatable bonds is 3. The molecule has 0 aliphatic heterocycles. The highest BCUT2D eigenvalue weighted by Crippen LogP contribution is 2.31. The van der Waals surface area contributed by atoms with E-state index in [1.807, 2.05) is 12.1 Å². The van der Waals surface area contributed by atoms with Gasteiger partial charge in [-0.25, -0.2) is 0 Å². The zero-order valence-electron chi connectivity index (χ0n) is 9.78. The molecule has 0 unspecified atom stereocenters. The number of hydrogen-bond donors (Lipinski definition) is 2. The summed E-state index contributed by atoms with van der Waals surface area (Å²) in [6.07, 6.45) is 6.21.